The number of benzene rings is 2. The molecule has 3 rings (SSSR count). The van der Waals surface area contributed by atoms with Gasteiger partial charge in [0.1, 0.15) is 11.4 Å². The van der Waals surface area contributed by atoms with E-state index in [1.54, 1.807) is 18.1 Å². The number of anilines is 1. The molecule has 0 aliphatic carbocycles. The maximum atomic E-state index is 13.1. The number of thioether (sulfide) groups is 1. The van der Waals surface area contributed by atoms with Crippen LogP contribution in [0.25, 0.3) is 6.08 Å². The lowest BCUT2D eigenvalue weighted by molar-refractivity contribution is -0.113. The van der Waals surface area contributed by atoms with Crippen LogP contribution in [0, 0.1) is 13.8 Å². The number of carbonyl (C=O) groups excluding carboxylic acids is 1. The molecular weight excluding hydrogens is 356 g/mol. The molecule has 0 unspecified atom stereocenters. The summed E-state index contributed by atoms with van der Waals surface area (Å²) in [4.78, 5) is 19.4. The topological polar surface area (TPSA) is 41.9 Å². The predicted molar refractivity (Wildman–Crippen MR) is 114 cm³/mol. The number of carbonyl (C=O) groups is 1. The minimum Gasteiger partial charge on any atom is -0.497 e. The first-order chi connectivity index (χ1) is 13.0. The van der Waals surface area contributed by atoms with Gasteiger partial charge in [-0.2, -0.15) is 0 Å². The van der Waals surface area contributed by atoms with Crippen molar-refractivity contribution in [3.05, 3.63) is 77.5 Å². The van der Waals surface area contributed by atoms with E-state index in [9.17, 15) is 4.79 Å². The van der Waals surface area contributed by atoms with Crippen molar-refractivity contribution in [2.45, 2.75) is 13.8 Å². The zero-order chi connectivity index (χ0) is 19.4. The number of amidine groups is 1. The van der Waals surface area contributed by atoms with Gasteiger partial charge in [0.15, 0.2) is 5.17 Å². The first-order valence-corrected chi connectivity index (χ1v) is 9.61. The Morgan fingerprint density at radius 3 is 2.41 bits per heavy atom. The third kappa shape index (κ3) is 4.31. The van der Waals surface area contributed by atoms with E-state index < -0.39 is 0 Å². The van der Waals surface area contributed by atoms with Crippen LogP contribution < -0.4 is 9.64 Å². The van der Waals surface area contributed by atoms with Crippen LogP contribution in [0.5, 0.6) is 5.75 Å². The first kappa shape index (κ1) is 19.0. The summed E-state index contributed by atoms with van der Waals surface area (Å²) in [5.41, 5.74) is 4.38. The van der Waals surface area contributed by atoms with Crippen molar-refractivity contribution in [1.29, 1.82) is 0 Å². The molecule has 5 heteroatoms. The minimum atomic E-state index is -0.123. The van der Waals surface area contributed by atoms with Crippen LogP contribution in [0.3, 0.4) is 0 Å². The van der Waals surface area contributed by atoms with Gasteiger partial charge < -0.3 is 4.74 Å². The van der Waals surface area contributed by atoms with Crippen molar-refractivity contribution < 1.29 is 9.53 Å². The number of amides is 1. The maximum absolute atomic E-state index is 13.1. The molecule has 2 aromatic rings. The van der Waals surface area contributed by atoms with Crippen molar-refractivity contribution >= 4 is 34.6 Å². The standard InChI is InChI=1S/C22H22N2O2S/c1-5-10-27-22-23-20(14-17-6-8-19(26-4)9-7-17)21(25)24(22)18-12-15(2)11-16(3)13-18/h5-9,11-14H,1,10H2,2-4H3/b20-14-. The molecule has 27 heavy (non-hydrogen) atoms. The molecule has 0 atom stereocenters. The van der Waals surface area contributed by atoms with Crippen molar-refractivity contribution in [3.63, 3.8) is 0 Å². The molecule has 1 aliphatic rings. The van der Waals surface area contributed by atoms with Crippen LogP contribution in [0.2, 0.25) is 0 Å². The number of rotatable bonds is 5. The molecule has 1 heterocycles. The molecule has 2 aromatic carbocycles. The van der Waals surface area contributed by atoms with E-state index in [0.717, 1.165) is 28.1 Å². The minimum absolute atomic E-state index is 0.123. The third-order valence-corrected chi connectivity index (χ3v) is 4.98. The Bertz CT molecular complexity index is 910. The number of nitrogens with zero attached hydrogens (tertiary/aromatic N) is 2. The molecule has 0 bridgehead atoms. The van der Waals surface area contributed by atoms with Crippen LogP contribution in [-0.2, 0) is 4.79 Å². The van der Waals surface area contributed by atoms with Crippen molar-refractivity contribution in [2.75, 3.05) is 17.8 Å². The highest BCUT2D eigenvalue weighted by molar-refractivity contribution is 8.14. The van der Waals surface area contributed by atoms with Gasteiger partial charge >= 0.3 is 0 Å². The summed E-state index contributed by atoms with van der Waals surface area (Å²) < 4.78 is 5.18. The van der Waals surface area contributed by atoms with Crippen molar-refractivity contribution in [1.82, 2.24) is 0 Å². The Morgan fingerprint density at radius 1 is 1.15 bits per heavy atom. The Labute approximate surface area is 164 Å². The highest BCUT2D eigenvalue weighted by Crippen LogP contribution is 2.31. The van der Waals surface area contributed by atoms with Gasteiger partial charge in [-0.1, -0.05) is 36.0 Å². The highest BCUT2D eigenvalue weighted by Gasteiger charge is 2.31. The van der Waals surface area contributed by atoms with Crippen LogP contribution in [0.15, 0.2) is 65.8 Å². The van der Waals surface area contributed by atoms with Crippen LogP contribution in [0.4, 0.5) is 5.69 Å². The van der Waals surface area contributed by atoms with E-state index in [-0.39, 0.29) is 5.91 Å². The van der Waals surface area contributed by atoms with Gasteiger partial charge in [-0.25, -0.2) is 4.99 Å². The molecule has 0 aromatic heterocycles. The molecule has 0 saturated carbocycles. The summed E-state index contributed by atoms with van der Waals surface area (Å²) in [6.07, 6.45) is 3.61. The summed E-state index contributed by atoms with van der Waals surface area (Å²) in [5.74, 6) is 1.34. The Morgan fingerprint density at radius 2 is 1.81 bits per heavy atom. The number of ether oxygens (including phenoxy) is 1. The number of hydrogen-bond donors (Lipinski definition) is 0. The molecule has 138 valence electrons. The van der Waals surface area contributed by atoms with E-state index in [2.05, 4.69) is 17.6 Å². The quantitative estimate of drug-likeness (QED) is 0.545. The van der Waals surface area contributed by atoms with Crippen LogP contribution in [-0.4, -0.2) is 23.9 Å². The number of aryl methyl sites for hydroxylation is 2. The molecule has 0 saturated heterocycles. The molecule has 1 aliphatic heterocycles. The van der Waals surface area contributed by atoms with Crippen molar-refractivity contribution in [3.8, 4) is 5.75 Å². The SMILES string of the molecule is C=CCSC1=N/C(=C\c2ccc(OC)cc2)C(=O)N1c1cc(C)cc(C)c1. The zero-order valence-corrected chi connectivity index (χ0v) is 16.5. The van der Waals surface area contributed by atoms with Crippen molar-refractivity contribution in [2.24, 2.45) is 4.99 Å². The number of methoxy groups -OCH3 is 1. The summed E-state index contributed by atoms with van der Waals surface area (Å²) >= 11 is 1.50. The molecule has 0 radical (unpaired) electrons. The summed E-state index contributed by atoms with van der Waals surface area (Å²) in [7, 11) is 1.63. The smallest absolute Gasteiger partial charge is 0.283 e. The number of aliphatic imine (C=N–C) groups is 1. The second-order valence-corrected chi connectivity index (χ2v) is 7.27. The largest absolute Gasteiger partial charge is 0.497 e. The zero-order valence-electron chi connectivity index (χ0n) is 15.7. The predicted octanol–water partition coefficient (Wildman–Crippen LogP) is 4.97. The van der Waals surface area contributed by atoms with Gasteiger partial charge in [-0.15, -0.1) is 6.58 Å². The number of hydrogen-bond acceptors (Lipinski definition) is 4. The fourth-order valence-corrected chi connectivity index (χ4v) is 3.64. The lowest BCUT2D eigenvalue weighted by Gasteiger charge is -2.18. The molecule has 0 spiro atoms. The Hall–Kier alpha value is -2.79. The van der Waals surface area contributed by atoms with E-state index in [0.29, 0.717) is 16.6 Å². The average molecular weight is 378 g/mol. The fourth-order valence-electron chi connectivity index (χ4n) is 2.89. The van der Waals surface area contributed by atoms with Gasteiger partial charge in [-0.05, 0) is 60.9 Å². The van der Waals surface area contributed by atoms with Crippen LogP contribution >= 0.6 is 11.8 Å². The second kappa shape index (κ2) is 8.27. The lowest BCUT2D eigenvalue weighted by Crippen LogP contribution is -2.30. The van der Waals surface area contributed by atoms with Gasteiger partial charge in [0.05, 0.1) is 12.8 Å². The highest BCUT2D eigenvalue weighted by atomic mass is 32.2. The van der Waals surface area contributed by atoms with Gasteiger partial charge in [0, 0.05) is 5.75 Å². The molecule has 0 N–H and O–H groups in total. The van der Waals surface area contributed by atoms with Gasteiger partial charge in [-0.3, -0.25) is 9.69 Å². The Balaban J connectivity index is 1.98. The van der Waals surface area contributed by atoms with E-state index in [1.165, 1.54) is 11.8 Å². The fraction of sp³-hybridized carbons (Fsp3) is 0.182. The first-order valence-electron chi connectivity index (χ1n) is 8.62. The summed E-state index contributed by atoms with van der Waals surface area (Å²) in [5, 5.41) is 0.671. The molecule has 4 nitrogen and oxygen atoms in total. The third-order valence-electron chi connectivity index (χ3n) is 4.04. The average Bonchev–Trinajstić information content (AvgIpc) is 2.95. The van der Waals surface area contributed by atoms with E-state index in [1.807, 2.05) is 56.3 Å². The van der Waals surface area contributed by atoms with E-state index >= 15 is 0 Å². The molecule has 0 fully saturated rings. The van der Waals surface area contributed by atoms with E-state index in [4.69, 9.17) is 4.74 Å². The van der Waals surface area contributed by atoms with Gasteiger partial charge in [0.2, 0.25) is 0 Å². The van der Waals surface area contributed by atoms with Gasteiger partial charge in [0.25, 0.3) is 5.91 Å². The lowest BCUT2D eigenvalue weighted by atomic mass is 10.1. The summed E-state index contributed by atoms with van der Waals surface area (Å²) in [6.45, 7) is 7.82. The Kier molecular flexibility index (Phi) is 5.81. The second-order valence-electron chi connectivity index (χ2n) is 6.28. The monoisotopic (exact) mass is 378 g/mol. The maximum Gasteiger partial charge on any atom is 0.283 e. The molecular formula is C22H22N2O2S. The summed E-state index contributed by atoms with van der Waals surface area (Å²) in [6, 6.07) is 13.6. The van der Waals surface area contributed by atoms with Crippen LogP contribution in [0.1, 0.15) is 16.7 Å². The molecule has 1 amide bonds. The normalized spacial score (nSPS) is 15.2.